The lowest BCUT2D eigenvalue weighted by atomic mass is 9.96. The summed E-state index contributed by atoms with van der Waals surface area (Å²) in [6, 6.07) is 9.39. The van der Waals surface area contributed by atoms with Crippen molar-refractivity contribution in [3.8, 4) is 0 Å². The van der Waals surface area contributed by atoms with Gasteiger partial charge in [0.05, 0.1) is 11.4 Å². The van der Waals surface area contributed by atoms with Gasteiger partial charge in [-0.2, -0.15) is 0 Å². The molecule has 7 heteroatoms. The van der Waals surface area contributed by atoms with Crippen LogP contribution in [0.5, 0.6) is 0 Å². The van der Waals surface area contributed by atoms with Gasteiger partial charge in [-0.3, -0.25) is 9.59 Å². The Morgan fingerprint density at radius 1 is 1.28 bits per heavy atom. The predicted octanol–water partition coefficient (Wildman–Crippen LogP) is 3.30. The number of nitrogens with two attached hydrogens (primary N) is 1. The molecule has 0 spiro atoms. The lowest BCUT2D eigenvalue weighted by molar-refractivity contribution is -0.122. The van der Waals surface area contributed by atoms with Crippen LogP contribution < -0.4 is 16.0 Å². The number of para-hydroxylation sites is 2. The number of piperidine rings is 1. The SMILES string of the molecule is Cc1cc(Br)oc1C(=O)Nc1ccccc1N1CCC(C(N)=O)CC1. The zero-order valence-corrected chi connectivity index (χ0v) is 15.5. The molecule has 2 heterocycles. The Bertz CT molecular complexity index is 795. The highest BCUT2D eigenvalue weighted by Gasteiger charge is 2.25. The van der Waals surface area contributed by atoms with Crippen molar-refractivity contribution in [1.29, 1.82) is 0 Å². The molecule has 0 aliphatic carbocycles. The van der Waals surface area contributed by atoms with Gasteiger partial charge in [-0.25, -0.2) is 0 Å². The minimum Gasteiger partial charge on any atom is -0.444 e. The number of amides is 2. The third-order valence-electron chi connectivity index (χ3n) is 4.48. The van der Waals surface area contributed by atoms with Crippen LogP contribution in [0, 0.1) is 12.8 Å². The molecule has 0 atom stereocenters. The van der Waals surface area contributed by atoms with Crippen molar-refractivity contribution < 1.29 is 14.0 Å². The monoisotopic (exact) mass is 405 g/mol. The summed E-state index contributed by atoms with van der Waals surface area (Å²) in [4.78, 5) is 26.0. The number of rotatable bonds is 4. The number of benzene rings is 1. The number of nitrogens with one attached hydrogen (secondary N) is 1. The zero-order valence-electron chi connectivity index (χ0n) is 13.9. The van der Waals surface area contributed by atoms with Gasteiger partial charge in [0.2, 0.25) is 5.91 Å². The molecule has 1 aromatic carbocycles. The maximum absolute atomic E-state index is 12.5. The first-order valence-electron chi connectivity index (χ1n) is 8.16. The summed E-state index contributed by atoms with van der Waals surface area (Å²) >= 11 is 3.24. The second kappa shape index (κ2) is 7.31. The average Bonchev–Trinajstić information content (AvgIpc) is 2.94. The zero-order chi connectivity index (χ0) is 18.0. The van der Waals surface area contributed by atoms with E-state index in [1.54, 1.807) is 6.07 Å². The number of hydrogen-bond acceptors (Lipinski definition) is 4. The van der Waals surface area contributed by atoms with Crippen LogP contribution in [0.2, 0.25) is 0 Å². The third kappa shape index (κ3) is 3.87. The van der Waals surface area contributed by atoms with Gasteiger partial charge in [0, 0.05) is 24.6 Å². The molecule has 3 rings (SSSR count). The van der Waals surface area contributed by atoms with Crippen molar-refractivity contribution in [2.75, 3.05) is 23.3 Å². The first-order valence-corrected chi connectivity index (χ1v) is 8.95. The number of carbonyl (C=O) groups excluding carboxylic acids is 2. The van der Waals surface area contributed by atoms with Gasteiger partial charge in [-0.15, -0.1) is 0 Å². The van der Waals surface area contributed by atoms with Gasteiger partial charge in [-0.05, 0) is 53.9 Å². The number of furan rings is 1. The quantitative estimate of drug-likeness (QED) is 0.816. The van der Waals surface area contributed by atoms with Gasteiger partial charge < -0.3 is 20.4 Å². The van der Waals surface area contributed by atoms with Crippen LogP contribution in [0.15, 0.2) is 39.4 Å². The van der Waals surface area contributed by atoms with E-state index in [-0.39, 0.29) is 23.5 Å². The Morgan fingerprint density at radius 3 is 2.56 bits per heavy atom. The van der Waals surface area contributed by atoms with Crippen molar-refractivity contribution in [2.45, 2.75) is 19.8 Å². The van der Waals surface area contributed by atoms with Gasteiger partial charge in [-0.1, -0.05) is 12.1 Å². The fourth-order valence-corrected chi connectivity index (χ4v) is 3.61. The molecule has 1 aromatic heterocycles. The summed E-state index contributed by atoms with van der Waals surface area (Å²) in [5.74, 6) is -0.307. The smallest absolute Gasteiger partial charge is 0.291 e. The maximum Gasteiger partial charge on any atom is 0.291 e. The van der Waals surface area contributed by atoms with Crippen molar-refractivity contribution in [1.82, 2.24) is 0 Å². The third-order valence-corrected chi connectivity index (χ3v) is 4.87. The molecule has 2 amide bonds. The second-order valence-corrected chi connectivity index (χ2v) is 6.98. The molecule has 1 aliphatic heterocycles. The largest absolute Gasteiger partial charge is 0.444 e. The molecule has 0 saturated carbocycles. The highest BCUT2D eigenvalue weighted by atomic mass is 79.9. The van der Waals surface area contributed by atoms with E-state index in [9.17, 15) is 9.59 Å². The topological polar surface area (TPSA) is 88.6 Å². The Hall–Kier alpha value is -2.28. The molecule has 0 unspecified atom stereocenters. The van der Waals surface area contributed by atoms with Crippen LogP contribution in [0.4, 0.5) is 11.4 Å². The highest BCUT2D eigenvalue weighted by molar-refractivity contribution is 9.10. The van der Waals surface area contributed by atoms with Gasteiger partial charge >= 0.3 is 0 Å². The number of primary amides is 1. The standard InChI is InChI=1S/C18H20BrN3O3/c1-11-10-15(19)25-16(11)18(24)21-13-4-2-3-5-14(13)22-8-6-12(7-9-22)17(20)23/h2-5,10,12H,6-9H2,1H3,(H2,20,23)(H,21,24). The van der Waals surface area contributed by atoms with Gasteiger partial charge in [0.25, 0.3) is 5.91 Å². The predicted molar refractivity (Wildman–Crippen MR) is 99.7 cm³/mol. The van der Waals surface area contributed by atoms with Gasteiger partial charge in [0.1, 0.15) is 0 Å². The van der Waals surface area contributed by atoms with Crippen LogP contribution in [0.25, 0.3) is 0 Å². The molecule has 0 bridgehead atoms. The molecule has 6 nitrogen and oxygen atoms in total. The Balaban J connectivity index is 1.76. The van der Waals surface area contributed by atoms with Crippen LogP contribution >= 0.6 is 15.9 Å². The summed E-state index contributed by atoms with van der Waals surface area (Å²) in [5, 5.41) is 2.93. The fourth-order valence-electron chi connectivity index (χ4n) is 3.11. The minimum atomic E-state index is -0.289. The van der Waals surface area contributed by atoms with E-state index in [0.29, 0.717) is 4.67 Å². The van der Waals surface area contributed by atoms with E-state index in [2.05, 4.69) is 26.1 Å². The van der Waals surface area contributed by atoms with Crippen molar-refractivity contribution in [3.63, 3.8) is 0 Å². The summed E-state index contributed by atoms with van der Waals surface area (Å²) in [6.45, 7) is 3.28. The van der Waals surface area contributed by atoms with Crippen molar-refractivity contribution >= 4 is 39.1 Å². The van der Waals surface area contributed by atoms with E-state index in [1.807, 2.05) is 31.2 Å². The van der Waals surface area contributed by atoms with Crippen molar-refractivity contribution in [2.24, 2.45) is 11.7 Å². The summed E-state index contributed by atoms with van der Waals surface area (Å²) < 4.78 is 5.94. The van der Waals surface area contributed by atoms with Gasteiger partial charge in [0.15, 0.2) is 10.4 Å². The number of aryl methyl sites for hydroxylation is 1. The van der Waals surface area contributed by atoms with E-state index >= 15 is 0 Å². The molecular formula is C18H20BrN3O3. The molecule has 2 aromatic rings. The summed E-state index contributed by atoms with van der Waals surface area (Å²) in [6.07, 6.45) is 1.45. The first kappa shape index (κ1) is 17.5. The first-order chi connectivity index (χ1) is 12.0. The number of hydrogen-bond donors (Lipinski definition) is 2. The van der Waals surface area contributed by atoms with Crippen molar-refractivity contribution in [3.05, 3.63) is 46.3 Å². The van der Waals surface area contributed by atoms with Crippen LogP contribution in [0.3, 0.4) is 0 Å². The lowest BCUT2D eigenvalue weighted by Crippen LogP contribution is -2.38. The molecule has 3 N–H and O–H groups in total. The van der Waals surface area contributed by atoms with Crippen LogP contribution in [-0.2, 0) is 4.79 Å². The molecule has 0 radical (unpaired) electrons. The Kier molecular flexibility index (Phi) is 5.13. The van der Waals surface area contributed by atoms with Crippen LogP contribution in [-0.4, -0.2) is 24.9 Å². The molecular weight excluding hydrogens is 386 g/mol. The molecule has 1 aliphatic rings. The molecule has 1 fully saturated rings. The molecule has 1 saturated heterocycles. The maximum atomic E-state index is 12.5. The Morgan fingerprint density at radius 2 is 1.96 bits per heavy atom. The average molecular weight is 406 g/mol. The second-order valence-electron chi connectivity index (χ2n) is 6.20. The minimum absolute atomic E-state index is 0.0684. The number of anilines is 2. The number of carbonyl (C=O) groups is 2. The van der Waals surface area contributed by atoms with E-state index in [4.69, 9.17) is 10.2 Å². The summed E-state index contributed by atoms with van der Waals surface area (Å²) in [7, 11) is 0. The van der Waals surface area contributed by atoms with Crippen LogP contribution in [0.1, 0.15) is 29.0 Å². The molecule has 132 valence electrons. The van der Waals surface area contributed by atoms with E-state index in [1.165, 1.54) is 0 Å². The fraction of sp³-hybridized carbons (Fsp3) is 0.333. The summed E-state index contributed by atoms with van der Waals surface area (Å²) in [5.41, 5.74) is 7.82. The lowest BCUT2D eigenvalue weighted by Gasteiger charge is -2.33. The number of halogens is 1. The van der Waals surface area contributed by atoms with E-state index in [0.717, 1.165) is 42.9 Å². The highest BCUT2D eigenvalue weighted by Crippen LogP contribution is 2.30. The Labute approximate surface area is 154 Å². The normalized spacial score (nSPS) is 15.2. The number of nitrogens with zero attached hydrogens (tertiary/aromatic N) is 1. The molecule has 25 heavy (non-hydrogen) atoms. The van der Waals surface area contributed by atoms with E-state index < -0.39 is 0 Å².